The second kappa shape index (κ2) is 10.7. The third-order valence-electron chi connectivity index (χ3n) is 5.94. The molecule has 0 radical (unpaired) electrons. The standard InChI is InChI=1S/C25H23ClF3N5O3/c1-33-10-9-17(14-33)34(2)23(35)16-5-8-19(26)20(11-16)31-22-13-30-12-21(32-22)15-3-6-18(7-4-15)37-24(36)25(27,28)29/h3-8,11-13,17H,9-10,14H2,1-2H3,(H,31,32). The summed E-state index contributed by atoms with van der Waals surface area (Å²) in [5, 5.41) is 3.45. The minimum atomic E-state index is -5.09. The van der Waals surface area contributed by atoms with Gasteiger partial charge in [0.05, 0.1) is 28.8 Å². The molecule has 1 atom stereocenters. The number of alkyl halides is 3. The van der Waals surface area contributed by atoms with Gasteiger partial charge >= 0.3 is 12.1 Å². The lowest BCUT2D eigenvalue weighted by Crippen LogP contribution is -2.38. The fourth-order valence-corrected chi connectivity index (χ4v) is 4.08. The number of hydrogen-bond acceptors (Lipinski definition) is 7. The summed E-state index contributed by atoms with van der Waals surface area (Å²) >= 11 is 6.36. The highest BCUT2D eigenvalue weighted by atomic mass is 35.5. The summed E-state index contributed by atoms with van der Waals surface area (Å²) in [5.74, 6) is -2.34. The Morgan fingerprint density at radius 2 is 1.89 bits per heavy atom. The molecule has 4 rings (SSSR count). The van der Waals surface area contributed by atoms with Crippen LogP contribution in [0.15, 0.2) is 54.9 Å². The van der Waals surface area contributed by atoms with Gasteiger partial charge in [0.15, 0.2) is 0 Å². The predicted octanol–water partition coefficient (Wildman–Crippen LogP) is 4.78. The fraction of sp³-hybridized carbons (Fsp3) is 0.280. The van der Waals surface area contributed by atoms with Gasteiger partial charge in [0, 0.05) is 30.8 Å². The molecule has 8 nitrogen and oxygen atoms in total. The average molecular weight is 534 g/mol. The van der Waals surface area contributed by atoms with E-state index < -0.39 is 12.1 Å². The second-order valence-corrected chi connectivity index (χ2v) is 9.05. The first kappa shape index (κ1) is 26.4. The topological polar surface area (TPSA) is 87.7 Å². The van der Waals surface area contributed by atoms with Crippen LogP contribution in [0.3, 0.4) is 0 Å². The van der Waals surface area contributed by atoms with Crippen molar-refractivity contribution >= 4 is 35.0 Å². The van der Waals surface area contributed by atoms with Crippen molar-refractivity contribution < 1.29 is 27.5 Å². The molecule has 0 spiro atoms. The van der Waals surface area contributed by atoms with E-state index in [0.29, 0.717) is 33.3 Å². The Hall–Kier alpha value is -3.70. The van der Waals surface area contributed by atoms with Crippen LogP contribution in [0.4, 0.5) is 24.7 Å². The third kappa shape index (κ3) is 6.36. The summed E-state index contributed by atoms with van der Waals surface area (Å²) in [6, 6.07) is 10.4. The first-order valence-electron chi connectivity index (χ1n) is 11.2. The number of hydrogen-bond donors (Lipinski definition) is 1. The van der Waals surface area contributed by atoms with E-state index in [-0.39, 0.29) is 17.7 Å². The van der Waals surface area contributed by atoms with Gasteiger partial charge in [-0.15, -0.1) is 0 Å². The van der Waals surface area contributed by atoms with Crippen LogP contribution in [0, 0.1) is 0 Å². The highest BCUT2D eigenvalue weighted by molar-refractivity contribution is 6.33. The molecule has 0 saturated carbocycles. The number of benzene rings is 2. The predicted molar refractivity (Wildman–Crippen MR) is 132 cm³/mol. The fourth-order valence-electron chi connectivity index (χ4n) is 3.91. The van der Waals surface area contributed by atoms with Gasteiger partial charge in [-0.1, -0.05) is 11.6 Å². The summed E-state index contributed by atoms with van der Waals surface area (Å²) in [4.78, 5) is 36.6. The minimum absolute atomic E-state index is 0.119. The summed E-state index contributed by atoms with van der Waals surface area (Å²) in [7, 11) is 3.81. The monoisotopic (exact) mass is 533 g/mol. The Labute approximate surface area is 216 Å². The molecule has 0 bridgehead atoms. The number of likely N-dealkylation sites (tertiary alicyclic amines) is 1. The van der Waals surface area contributed by atoms with Crippen LogP contribution in [0.5, 0.6) is 5.75 Å². The molecule has 37 heavy (non-hydrogen) atoms. The van der Waals surface area contributed by atoms with Crippen LogP contribution in [0.2, 0.25) is 5.02 Å². The van der Waals surface area contributed by atoms with Crippen LogP contribution >= 0.6 is 11.6 Å². The van der Waals surface area contributed by atoms with Gasteiger partial charge in [-0.2, -0.15) is 13.2 Å². The van der Waals surface area contributed by atoms with Crippen molar-refractivity contribution in [2.24, 2.45) is 0 Å². The Kier molecular flexibility index (Phi) is 7.65. The maximum Gasteiger partial charge on any atom is 0.491 e. The zero-order chi connectivity index (χ0) is 26.7. The summed E-state index contributed by atoms with van der Waals surface area (Å²) in [6.45, 7) is 1.75. The number of nitrogens with one attached hydrogen (secondary N) is 1. The molecule has 2 heterocycles. The van der Waals surface area contributed by atoms with Crippen molar-refractivity contribution in [3.63, 3.8) is 0 Å². The SMILES string of the molecule is CN1CCC(N(C)C(=O)c2ccc(Cl)c(Nc3cncc(-c4ccc(OC(=O)C(F)(F)F)cc4)n3)c2)C1. The van der Waals surface area contributed by atoms with Crippen LogP contribution in [-0.4, -0.2) is 71.0 Å². The number of anilines is 2. The third-order valence-corrected chi connectivity index (χ3v) is 6.27. The van der Waals surface area contributed by atoms with Crippen molar-refractivity contribution in [1.82, 2.24) is 19.8 Å². The molecule has 1 amide bonds. The largest absolute Gasteiger partial charge is 0.491 e. The van der Waals surface area contributed by atoms with Crippen molar-refractivity contribution in [1.29, 1.82) is 0 Å². The van der Waals surface area contributed by atoms with Crippen molar-refractivity contribution in [2.75, 3.05) is 32.5 Å². The van der Waals surface area contributed by atoms with E-state index >= 15 is 0 Å². The van der Waals surface area contributed by atoms with Crippen LogP contribution < -0.4 is 10.1 Å². The molecule has 1 aromatic heterocycles. The molecule has 1 aliphatic rings. The molecular weight excluding hydrogens is 511 g/mol. The number of aromatic nitrogens is 2. The Morgan fingerprint density at radius 1 is 1.16 bits per heavy atom. The number of likely N-dealkylation sites (N-methyl/N-ethyl adjacent to an activating group) is 2. The summed E-state index contributed by atoms with van der Waals surface area (Å²) in [6.07, 6.45) is -1.24. The molecule has 3 aromatic rings. The highest BCUT2D eigenvalue weighted by Crippen LogP contribution is 2.29. The minimum Gasteiger partial charge on any atom is -0.420 e. The smallest absolute Gasteiger partial charge is 0.420 e. The van der Waals surface area contributed by atoms with Gasteiger partial charge in [0.1, 0.15) is 11.6 Å². The van der Waals surface area contributed by atoms with Crippen LogP contribution in [-0.2, 0) is 4.79 Å². The number of amides is 1. The second-order valence-electron chi connectivity index (χ2n) is 8.64. The average Bonchev–Trinajstić information content (AvgIpc) is 3.30. The number of nitrogens with zero attached hydrogens (tertiary/aromatic N) is 4. The van der Waals surface area contributed by atoms with Gasteiger partial charge in [-0.25, -0.2) is 9.78 Å². The van der Waals surface area contributed by atoms with E-state index in [1.807, 2.05) is 7.05 Å². The quantitative estimate of drug-likeness (QED) is 0.360. The Morgan fingerprint density at radius 3 is 2.54 bits per heavy atom. The maximum absolute atomic E-state index is 13.1. The van der Waals surface area contributed by atoms with E-state index in [1.165, 1.54) is 36.7 Å². The number of carbonyl (C=O) groups excluding carboxylic acids is 2. The molecule has 1 unspecified atom stereocenters. The van der Waals surface area contributed by atoms with Gasteiger partial charge in [-0.05, 0) is 62.5 Å². The van der Waals surface area contributed by atoms with E-state index in [4.69, 9.17) is 11.6 Å². The van der Waals surface area contributed by atoms with Gasteiger partial charge in [-0.3, -0.25) is 9.78 Å². The molecule has 1 N–H and O–H groups in total. The Bertz CT molecular complexity index is 1300. The number of halogens is 4. The molecule has 1 aliphatic heterocycles. The van der Waals surface area contributed by atoms with Crippen molar-refractivity contribution in [3.05, 3.63) is 65.4 Å². The number of carbonyl (C=O) groups is 2. The lowest BCUT2D eigenvalue weighted by Gasteiger charge is -2.25. The molecule has 1 fully saturated rings. The van der Waals surface area contributed by atoms with E-state index in [9.17, 15) is 22.8 Å². The number of ether oxygens (including phenoxy) is 1. The van der Waals surface area contributed by atoms with E-state index in [1.54, 1.807) is 30.1 Å². The zero-order valence-corrected chi connectivity index (χ0v) is 20.7. The zero-order valence-electron chi connectivity index (χ0n) is 19.9. The Balaban J connectivity index is 1.49. The first-order valence-corrected chi connectivity index (χ1v) is 11.6. The van der Waals surface area contributed by atoms with E-state index in [0.717, 1.165) is 19.5 Å². The first-order chi connectivity index (χ1) is 17.5. The van der Waals surface area contributed by atoms with Crippen LogP contribution in [0.25, 0.3) is 11.3 Å². The number of esters is 1. The van der Waals surface area contributed by atoms with Crippen LogP contribution in [0.1, 0.15) is 16.8 Å². The maximum atomic E-state index is 13.1. The van der Waals surface area contributed by atoms with Gasteiger partial charge < -0.3 is 19.9 Å². The molecule has 1 saturated heterocycles. The van der Waals surface area contributed by atoms with Crippen molar-refractivity contribution in [2.45, 2.75) is 18.6 Å². The lowest BCUT2D eigenvalue weighted by atomic mass is 10.1. The van der Waals surface area contributed by atoms with E-state index in [2.05, 4.69) is 24.9 Å². The van der Waals surface area contributed by atoms with Gasteiger partial charge in [0.25, 0.3) is 5.91 Å². The highest BCUT2D eigenvalue weighted by Gasteiger charge is 2.41. The molecule has 0 aliphatic carbocycles. The van der Waals surface area contributed by atoms with Gasteiger partial charge in [0.2, 0.25) is 0 Å². The number of rotatable bonds is 6. The molecule has 2 aromatic carbocycles. The molecular formula is C25H23ClF3N5O3. The molecule has 12 heteroatoms. The van der Waals surface area contributed by atoms with Crippen molar-refractivity contribution in [3.8, 4) is 17.0 Å². The normalized spacial score (nSPS) is 15.9. The molecule has 194 valence electrons. The summed E-state index contributed by atoms with van der Waals surface area (Å²) in [5.41, 5.74) is 1.87. The summed E-state index contributed by atoms with van der Waals surface area (Å²) < 4.78 is 41.5. The lowest BCUT2D eigenvalue weighted by molar-refractivity contribution is -0.189.